The number of nitrogens with one attached hydrogen (secondary N) is 3. The quantitative estimate of drug-likeness (QED) is 0.273. The third-order valence-corrected chi connectivity index (χ3v) is 5.18. The van der Waals surface area contributed by atoms with Crippen LogP contribution in [0.4, 0.5) is 16.4 Å². The minimum absolute atomic E-state index is 0.187. The van der Waals surface area contributed by atoms with Gasteiger partial charge in [-0.3, -0.25) is 10.2 Å². The Bertz CT molecular complexity index is 1430. The molecule has 0 bridgehead atoms. The second-order valence-corrected chi connectivity index (χ2v) is 7.52. The molecule has 34 heavy (non-hydrogen) atoms. The Morgan fingerprint density at radius 2 is 1.82 bits per heavy atom. The van der Waals surface area contributed by atoms with Crippen molar-refractivity contribution < 1.29 is 9.53 Å². The van der Waals surface area contributed by atoms with Gasteiger partial charge in [0.05, 0.1) is 23.2 Å². The third-order valence-electron chi connectivity index (χ3n) is 5.18. The summed E-state index contributed by atoms with van der Waals surface area (Å²) in [6, 6.07) is 21.2. The van der Waals surface area contributed by atoms with Gasteiger partial charge in [-0.2, -0.15) is 0 Å². The summed E-state index contributed by atoms with van der Waals surface area (Å²) < 4.78 is 6.88. The summed E-state index contributed by atoms with van der Waals surface area (Å²) in [6.45, 7) is 8.17. The standard InChI is InChI=1S/C26H25N5O3/c1-4-34-18(3)19-11-9-12-20(16-19)27-26(33)30-29-25-28-22-14-7-6-13-21(22)24(32)31(25)23-15-8-5-10-17(23)2/h5-16H,3-4H2,1-2H3,(H,28,29)(H2,27,30,33). The van der Waals surface area contributed by atoms with E-state index in [-0.39, 0.29) is 11.5 Å². The molecular formula is C26H25N5O3. The fraction of sp³-hybridized carbons (Fsp3) is 0.115. The molecule has 0 aliphatic rings. The number of para-hydroxylation sites is 2. The first-order valence-corrected chi connectivity index (χ1v) is 10.8. The van der Waals surface area contributed by atoms with Crippen molar-refractivity contribution in [3.05, 3.63) is 101 Å². The molecule has 8 heteroatoms. The largest absolute Gasteiger partial charge is 0.494 e. The van der Waals surface area contributed by atoms with Gasteiger partial charge in [-0.25, -0.2) is 19.8 Å². The molecule has 0 aliphatic carbocycles. The van der Waals surface area contributed by atoms with Gasteiger partial charge in [0.2, 0.25) is 5.95 Å². The topological polar surface area (TPSA) is 97.3 Å². The third kappa shape index (κ3) is 4.75. The van der Waals surface area contributed by atoms with Crippen LogP contribution in [0.1, 0.15) is 18.1 Å². The number of amides is 2. The molecule has 0 unspecified atom stereocenters. The maximum absolute atomic E-state index is 13.3. The van der Waals surface area contributed by atoms with Gasteiger partial charge in [-0.15, -0.1) is 0 Å². The van der Waals surface area contributed by atoms with Crippen LogP contribution in [0.3, 0.4) is 0 Å². The van der Waals surface area contributed by atoms with Crippen molar-refractivity contribution >= 4 is 34.3 Å². The average molecular weight is 456 g/mol. The van der Waals surface area contributed by atoms with Gasteiger partial charge >= 0.3 is 6.03 Å². The fourth-order valence-electron chi connectivity index (χ4n) is 3.56. The van der Waals surface area contributed by atoms with Crippen molar-refractivity contribution in [2.45, 2.75) is 13.8 Å². The molecule has 2 amide bonds. The molecular weight excluding hydrogens is 430 g/mol. The normalized spacial score (nSPS) is 10.5. The SMILES string of the molecule is C=C(OCC)c1cccc(NC(=O)NNc2nc3ccccc3c(=O)n2-c2ccccc2C)c1. The second kappa shape index (κ2) is 9.91. The lowest BCUT2D eigenvalue weighted by Gasteiger charge is -2.17. The maximum atomic E-state index is 13.3. The molecule has 0 spiro atoms. The number of hydrazine groups is 1. The second-order valence-electron chi connectivity index (χ2n) is 7.52. The van der Waals surface area contributed by atoms with Gasteiger partial charge < -0.3 is 10.1 Å². The predicted molar refractivity (Wildman–Crippen MR) is 135 cm³/mol. The van der Waals surface area contributed by atoms with Crippen LogP contribution in [0.25, 0.3) is 22.3 Å². The molecule has 3 N–H and O–H groups in total. The Morgan fingerprint density at radius 3 is 2.62 bits per heavy atom. The molecule has 172 valence electrons. The van der Waals surface area contributed by atoms with Crippen molar-refractivity contribution in [2.75, 3.05) is 17.3 Å². The number of hydrogen-bond donors (Lipinski definition) is 3. The number of anilines is 2. The van der Waals surface area contributed by atoms with Crippen LogP contribution in [-0.4, -0.2) is 22.2 Å². The molecule has 1 aromatic heterocycles. The highest BCUT2D eigenvalue weighted by Crippen LogP contribution is 2.20. The zero-order valence-corrected chi connectivity index (χ0v) is 19.0. The lowest BCUT2D eigenvalue weighted by molar-refractivity contribution is 0.253. The highest BCUT2D eigenvalue weighted by molar-refractivity contribution is 5.90. The summed E-state index contributed by atoms with van der Waals surface area (Å²) in [5.74, 6) is 0.707. The predicted octanol–water partition coefficient (Wildman–Crippen LogP) is 4.85. The van der Waals surface area contributed by atoms with Crippen molar-refractivity contribution in [3.8, 4) is 5.69 Å². The summed E-state index contributed by atoms with van der Waals surface area (Å²) in [5.41, 5.74) is 8.51. The highest BCUT2D eigenvalue weighted by Gasteiger charge is 2.15. The van der Waals surface area contributed by atoms with E-state index in [1.807, 2.05) is 44.2 Å². The lowest BCUT2D eigenvalue weighted by atomic mass is 10.2. The fourth-order valence-corrected chi connectivity index (χ4v) is 3.56. The Balaban J connectivity index is 1.60. The zero-order valence-electron chi connectivity index (χ0n) is 19.0. The maximum Gasteiger partial charge on any atom is 0.337 e. The van der Waals surface area contributed by atoms with Crippen molar-refractivity contribution in [1.29, 1.82) is 0 Å². The minimum Gasteiger partial charge on any atom is -0.494 e. The molecule has 0 atom stereocenters. The number of hydrogen-bond acceptors (Lipinski definition) is 5. The van der Waals surface area contributed by atoms with Crippen LogP contribution in [0.5, 0.6) is 0 Å². The van der Waals surface area contributed by atoms with E-state index in [1.165, 1.54) is 4.57 Å². The van der Waals surface area contributed by atoms with E-state index in [4.69, 9.17) is 4.74 Å². The van der Waals surface area contributed by atoms with Crippen LogP contribution in [0.2, 0.25) is 0 Å². The number of carbonyl (C=O) groups excluding carboxylic acids is 1. The summed E-state index contributed by atoms with van der Waals surface area (Å²) >= 11 is 0. The Kier molecular flexibility index (Phi) is 6.59. The molecule has 3 aromatic carbocycles. The van der Waals surface area contributed by atoms with Crippen LogP contribution in [0.15, 0.2) is 84.2 Å². The van der Waals surface area contributed by atoms with Crippen molar-refractivity contribution in [3.63, 3.8) is 0 Å². The smallest absolute Gasteiger partial charge is 0.337 e. The number of ether oxygens (including phenoxy) is 1. The number of urea groups is 1. The molecule has 8 nitrogen and oxygen atoms in total. The molecule has 0 aliphatic heterocycles. The first-order valence-electron chi connectivity index (χ1n) is 10.8. The monoisotopic (exact) mass is 455 g/mol. The van der Waals surface area contributed by atoms with E-state index < -0.39 is 6.03 Å². The van der Waals surface area contributed by atoms with Gasteiger partial charge in [0.15, 0.2) is 0 Å². The lowest BCUT2D eigenvalue weighted by Crippen LogP contribution is -2.36. The van der Waals surface area contributed by atoms with E-state index in [0.717, 1.165) is 11.1 Å². The number of aromatic nitrogens is 2. The van der Waals surface area contributed by atoms with E-state index in [2.05, 4.69) is 27.7 Å². The minimum atomic E-state index is -0.530. The number of aryl methyl sites for hydroxylation is 1. The molecule has 1 heterocycles. The van der Waals surface area contributed by atoms with Crippen LogP contribution >= 0.6 is 0 Å². The van der Waals surface area contributed by atoms with E-state index >= 15 is 0 Å². The van der Waals surface area contributed by atoms with Crippen molar-refractivity contribution in [1.82, 2.24) is 15.0 Å². The molecule has 0 fully saturated rings. The van der Waals surface area contributed by atoms with E-state index in [0.29, 0.717) is 34.6 Å². The summed E-state index contributed by atoms with van der Waals surface area (Å²) in [4.78, 5) is 30.5. The van der Waals surface area contributed by atoms with Gasteiger partial charge in [-0.05, 0) is 49.7 Å². The zero-order chi connectivity index (χ0) is 24.1. The van der Waals surface area contributed by atoms with Gasteiger partial charge in [-0.1, -0.05) is 49.0 Å². The number of fused-ring (bicyclic) bond motifs is 1. The average Bonchev–Trinajstić information content (AvgIpc) is 2.84. The Labute approximate surface area is 196 Å². The Morgan fingerprint density at radius 1 is 1.06 bits per heavy atom. The first-order chi connectivity index (χ1) is 16.5. The van der Waals surface area contributed by atoms with Crippen LogP contribution < -0.4 is 21.7 Å². The van der Waals surface area contributed by atoms with E-state index in [9.17, 15) is 9.59 Å². The first kappa shape index (κ1) is 22.6. The summed E-state index contributed by atoms with van der Waals surface area (Å²) in [6.07, 6.45) is 0. The molecule has 0 saturated heterocycles. The van der Waals surface area contributed by atoms with Crippen LogP contribution in [-0.2, 0) is 4.74 Å². The Hall–Kier alpha value is -4.59. The molecule has 4 aromatic rings. The van der Waals surface area contributed by atoms with Crippen molar-refractivity contribution in [2.24, 2.45) is 0 Å². The summed E-state index contributed by atoms with van der Waals surface area (Å²) in [7, 11) is 0. The van der Waals surface area contributed by atoms with Crippen LogP contribution in [0, 0.1) is 6.92 Å². The van der Waals surface area contributed by atoms with Gasteiger partial charge in [0.25, 0.3) is 5.56 Å². The number of benzene rings is 3. The molecule has 0 saturated carbocycles. The highest BCUT2D eigenvalue weighted by atomic mass is 16.5. The van der Waals surface area contributed by atoms with Gasteiger partial charge in [0.1, 0.15) is 5.76 Å². The molecule has 0 radical (unpaired) electrons. The number of rotatable bonds is 7. The molecule has 4 rings (SSSR count). The number of carbonyl (C=O) groups is 1. The van der Waals surface area contributed by atoms with Gasteiger partial charge in [0, 0.05) is 11.3 Å². The summed E-state index contributed by atoms with van der Waals surface area (Å²) in [5, 5.41) is 3.23. The number of nitrogens with zero attached hydrogens (tertiary/aromatic N) is 2. The van der Waals surface area contributed by atoms with E-state index in [1.54, 1.807) is 42.5 Å².